The Morgan fingerprint density at radius 2 is 1.25 bits per heavy atom. The fraction of sp³-hybridized carbons (Fsp3) is 0.271. The zero-order valence-corrected chi connectivity index (χ0v) is 36.7. The summed E-state index contributed by atoms with van der Waals surface area (Å²) in [7, 11) is 0. The highest BCUT2D eigenvalue weighted by molar-refractivity contribution is 6.34. The first kappa shape index (κ1) is 43.1. The number of aromatic nitrogens is 6. The van der Waals surface area contributed by atoms with Crippen LogP contribution in [0, 0.1) is 25.5 Å². The molecule has 0 atom stereocenters. The molecule has 0 spiro atoms. The van der Waals surface area contributed by atoms with Crippen molar-refractivity contribution in [3.05, 3.63) is 118 Å². The van der Waals surface area contributed by atoms with Crippen molar-refractivity contribution in [1.82, 2.24) is 39.4 Å². The number of fused-ring (bicyclic) bond motifs is 6. The van der Waals surface area contributed by atoms with Gasteiger partial charge in [0.05, 0.1) is 56.4 Å². The summed E-state index contributed by atoms with van der Waals surface area (Å²) >= 11 is 6.42. The van der Waals surface area contributed by atoms with Gasteiger partial charge in [0.15, 0.2) is 34.6 Å². The monoisotopic (exact) mass is 897 g/mol. The Balaban J connectivity index is 0.000000165. The van der Waals surface area contributed by atoms with Crippen molar-refractivity contribution in [3.8, 4) is 22.5 Å². The maximum absolute atomic E-state index is 14.2. The van der Waals surface area contributed by atoms with E-state index in [1.165, 1.54) is 11.1 Å². The number of nitrogens with zero attached hydrogens (tertiary/aromatic N) is 6. The largest absolute Gasteiger partial charge is 0.370 e. The molecule has 8 aromatic rings. The average molecular weight is 898 g/mol. The summed E-state index contributed by atoms with van der Waals surface area (Å²) in [5.74, 6) is -1.75. The molecule has 0 radical (unpaired) electrons. The minimum Gasteiger partial charge on any atom is -0.370 e. The van der Waals surface area contributed by atoms with E-state index in [0.29, 0.717) is 34.1 Å². The fourth-order valence-electron chi connectivity index (χ4n) is 7.55. The van der Waals surface area contributed by atoms with Crippen LogP contribution in [0.4, 0.5) is 20.4 Å². The molecule has 2 aliphatic carbocycles. The maximum atomic E-state index is 14.2. The molecule has 0 saturated heterocycles. The van der Waals surface area contributed by atoms with Crippen LogP contribution in [0.1, 0.15) is 77.3 Å². The van der Waals surface area contributed by atoms with Gasteiger partial charge in [0.1, 0.15) is 0 Å². The summed E-state index contributed by atoms with van der Waals surface area (Å²) < 4.78 is 31.9. The lowest BCUT2D eigenvalue weighted by atomic mass is 10.1. The molecule has 6 N–H and O–H groups in total. The molecular weight excluding hydrogens is 852 g/mol. The molecule has 4 aromatic carbocycles. The molecule has 332 valence electrons. The minimum atomic E-state index is -1.04. The summed E-state index contributed by atoms with van der Waals surface area (Å²) in [6.45, 7) is 7.39. The number of primary amides is 1. The standard InChI is InChI=1S/C25H27N5O.C23H19ClF2N6O2/c1-4-11-26-23-24-27-14-22(30(24)21-13-16(3)15(2)12-20(21)29-23)17-5-7-18(8-6-17)25(31)28-19-9-10-19;24-14-7-11(1-4-13(14)23(34)30-12-2-3-12)19-10-29-22-21(28-6-5-20(27)33)31-17-8-15(25)16(26)9-18(17)32(19)22/h5-8,12-14,19H,4,9-11H2,1-3H3,(H,26,29)(H,28,31);1,4,7-10,12H,2-3,5-6H2,(H2,27,33)(H,28,31)(H,30,34). The van der Waals surface area contributed by atoms with Crippen LogP contribution >= 0.6 is 11.6 Å². The SMILES string of the molecule is CCCNc1nc2cc(C)c(C)cc2n2c(-c3ccc(C(=O)NC4CC4)cc3)cnc12.NC(=O)CCNc1nc2cc(F)c(F)cc2n2c(-c3ccc(C(=O)NC4CC4)c(Cl)c3)cnc12. The highest BCUT2D eigenvalue weighted by Crippen LogP contribution is 2.33. The Morgan fingerprint density at radius 3 is 1.85 bits per heavy atom. The van der Waals surface area contributed by atoms with Gasteiger partial charge in [-0.05, 0) is 93.5 Å². The second-order valence-corrected chi connectivity index (χ2v) is 17.0. The van der Waals surface area contributed by atoms with Gasteiger partial charge in [0.2, 0.25) is 5.91 Å². The number of amides is 3. The van der Waals surface area contributed by atoms with Crippen LogP contribution in [-0.4, -0.2) is 71.6 Å². The number of benzene rings is 4. The number of imidazole rings is 2. The molecule has 0 aliphatic heterocycles. The number of halogens is 3. The van der Waals surface area contributed by atoms with Gasteiger partial charge in [-0.2, -0.15) is 0 Å². The molecule has 4 heterocycles. The summed E-state index contributed by atoms with van der Waals surface area (Å²) in [6.07, 6.45) is 8.58. The van der Waals surface area contributed by atoms with Gasteiger partial charge in [0.25, 0.3) is 11.8 Å². The van der Waals surface area contributed by atoms with E-state index < -0.39 is 17.5 Å². The topological polar surface area (TPSA) is 186 Å². The summed E-state index contributed by atoms with van der Waals surface area (Å²) in [6, 6.07) is 19.6. The van der Waals surface area contributed by atoms with Gasteiger partial charge in [-0.1, -0.05) is 36.7 Å². The van der Waals surface area contributed by atoms with Crippen LogP contribution in [0.3, 0.4) is 0 Å². The molecule has 2 fully saturated rings. The van der Waals surface area contributed by atoms with E-state index in [1.807, 2.05) is 30.5 Å². The molecule has 0 unspecified atom stereocenters. The molecule has 14 nitrogen and oxygen atoms in total. The first-order valence-electron chi connectivity index (χ1n) is 21.6. The van der Waals surface area contributed by atoms with Crippen molar-refractivity contribution < 1.29 is 23.2 Å². The van der Waals surface area contributed by atoms with Gasteiger partial charge < -0.3 is 27.0 Å². The predicted molar refractivity (Wildman–Crippen MR) is 248 cm³/mol. The third-order valence-electron chi connectivity index (χ3n) is 11.5. The summed E-state index contributed by atoms with van der Waals surface area (Å²) in [4.78, 5) is 54.3. The van der Waals surface area contributed by atoms with Crippen LogP contribution in [0.5, 0.6) is 0 Å². The number of nitrogens with one attached hydrogen (secondary N) is 4. The first-order valence-corrected chi connectivity index (χ1v) is 22.0. The number of hydrogen-bond acceptors (Lipinski definition) is 9. The van der Waals surface area contributed by atoms with Crippen molar-refractivity contribution in [3.63, 3.8) is 0 Å². The minimum absolute atomic E-state index is 0.000932. The third-order valence-corrected chi connectivity index (χ3v) is 11.8. The van der Waals surface area contributed by atoms with E-state index in [9.17, 15) is 23.2 Å². The lowest BCUT2D eigenvalue weighted by Crippen LogP contribution is -2.25. The molecular formula is C48H46ClF2N11O3. The normalized spacial score (nSPS) is 13.5. The summed E-state index contributed by atoms with van der Waals surface area (Å²) in [5.41, 5.74) is 15.4. The van der Waals surface area contributed by atoms with Crippen LogP contribution < -0.4 is 27.0 Å². The lowest BCUT2D eigenvalue weighted by molar-refractivity contribution is -0.117. The number of carbonyl (C=O) groups is 3. The van der Waals surface area contributed by atoms with Crippen LogP contribution in [0.2, 0.25) is 5.02 Å². The molecule has 0 bridgehead atoms. The van der Waals surface area contributed by atoms with Crippen LogP contribution in [0.25, 0.3) is 55.9 Å². The number of aryl methyl sites for hydroxylation is 2. The smallest absolute Gasteiger partial charge is 0.253 e. The molecule has 2 aliphatic rings. The zero-order valence-electron chi connectivity index (χ0n) is 35.9. The van der Waals surface area contributed by atoms with Crippen molar-refractivity contribution in [2.24, 2.45) is 5.73 Å². The van der Waals surface area contributed by atoms with Gasteiger partial charge in [-0.25, -0.2) is 28.7 Å². The molecule has 2 saturated carbocycles. The van der Waals surface area contributed by atoms with Gasteiger partial charge in [-0.3, -0.25) is 23.2 Å². The van der Waals surface area contributed by atoms with E-state index in [4.69, 9.17) is 27.3 Å². The molecule has 65 heavy (non-hydrogen) atoms. The Bertz CT molecular complexity index is 3180. The van der Waals surface area contributed by atoms with Gasteiger partial charge >= 0.3 is 0 Å². The van der Waals surface area contributed by atoms with Crippen molar-refractivity contribution >= 4 is 74.3 Å². The van der Waals surface area contributed by atoms with E-state index in [2.05, 4.69) is 68.5 Å². The van der Waals surface area contributed by atoms with E-state index in [0.717, 1.165) is 84.5 Å². The number of hydrogen-bond donors (Lipinski definition) is 5. The maximum Gasteiger partial charge on any atom is 0.253 e. The Morgan fingerprint density at radius 1 is 0.708 bits per heavy atom. The van der Waals surface area contributed by atoms with E-state index >= 15 is 0 Å². The molecule has 10 rings (SSSR count). The number of nitrogens with two attached hydrogens (primary N) is 1. The number of rotatable bonds is 13. The highest BCUT2D eigenvalue weighted by atomic mass is 35.5. The number of carbonyl (C=O) groups excluding carboxylic acids is 3. The average Bonchev–Trinajstić information content (AvgIpc) is 4.19. The number of anilines is 2. The quantitative estimate of drug-likeness (QED) is 0.0757. The zero-order chi connectivity index (χ0) is 45.5. The Labute approximate surface area is 377 Å². The first-order chi connectivity index (χ1) is 31.4. The highest BCUT2D eigenvalue weighted by Gasteiger charge is 2.26. The lowest BCUT2D eigenvalue weighted by Gasteiger charge is -2.13. The van der Waals surface area contributed by atoms with Crippen molar-refractivity contribution in [2.75, 3.05) is 23.7 Å². The Kier molecular flexibility index (Phi) is 11.8. The van der Waals surface area contributed by atoms with Gasteiger partial charge in [0, 0.05) is 60.4 Å². The van der Waals surface area contributed by atoms with Crippen LogP contribution in [0.15, 0.2) is 79.1 Å². The predicted octanol–water partition coefficient (Wildman–Crippen LogP) is 8.54. The third kappa shape index (κ3) is 8.98. The molecule has 17 heteroatoms. The van der Waals surface area contributed by atoms with E-state index in [1.54, 1.807) is 28.8 Å². The second-order valence-electron chi connectivity index (χ2n) is 16.5. The van der Waals surface area contributed by atoms with Crippen LogP contribution in [-0.2, 0) is 4.79 Å². The van der Waals surface area contributed by atoms with Gasteiger partial charge in [-0.15, -0.1) is 0 Å². The Hall–Kier alpha value is -7.20. The van der Waals surface area contributed by atoms with E-state index in [-0.39, 0.29) is 52.7 Å². The fourth-order valence-corrected chi connectivity index (χ4v) is 7.81. The molecule has 4 aromatic heterocycles. The molecule has 3 amide bonds. The second kappa shape index (κ2) is 17.8. The van der Waals surface area contributed by atoms with Crippen molar-refractivity contribution in [1.29, 1.82) is 0 Å². The summed E-state index contributed by atoms with van der Waals surface area (Å²) in [5, 5.41) is 12.6. The van der Waals surface area contributed by atoms with Crippen molar-refractivity contribution in [2.45, 2.75) is 71.4 Å².